The van der Waals surface area contributed by atoms with Crippen LogP contribution in [-0.4, -0.2) is 17.6 Å². The van der Waals surface area contributed by atoms with Gasteiger partial charge in [0.1, 0.15) is 0 Å². The molecular weight excluding hydrogens is 262 g/mol. The van der Waals surface area contributed by atoms with E-state index >= 15 is 0 Å². The SMILES string of the molecule is O=C(O)C1CNC(c2ccccc2)CC1c1ccccc1. The first-order valence-electron chi connectivity index (χ1n) is 7.32. The Morgan fingerprint density at radius 3 is 2.10 bits per heavy atom. The normalized spacial score (nSPS) is 25.4. The zero-order valence-electron chi connectivity index (χ0n) is 11.8. The molecule has 2 N–H and O–H groups in total. The lowest BCUT2D eigenvalue weighted by atomic mass is 9.77. The van der Waals surface area contributed by atoms with Crippen molar-refractivity contribution in [2.24, 2.45) is 5.92 Å². The quantitative estimate of drug-likeness (QED) is 0.908. The minimum Gasteiger partial charge on any atom is -0.481 e. The van der Waals surface area contributed by atoms with Crippen LogP contribution in [0.1, 0.15) is 29.5 Å². The Hall–Kier alpha value is -2.13. The molecule has 1 heterocycles. The lowest BCUT2D eigenvalue weighted by Gasteiger charge is -2.35. The molecule has 0 spiro atoms. The Bertz CT molecular complexity index is 597. The average molecular weight is 281 g/mol. The molecule has 1 aliphatic heterocycles. The van der Waals surface area contributed by atoms with Crippen molar-refractivity contribution in [2.75, 3.05) is 6.54 Å². The van der Waals surface area contributed by atoms with Gasteiger partial charge in [0.15, 0.2) is 0 Å². The van der Waals surface area contributed by atoms with Gasteiger partial charge in [0.25, 0.3) is 0 Å². The second kappa shape index (κ2) is 6.10. The first-order valence-corrected chi connectivity index (χ1v) is 7.32. The highest BCUT2D eigenvalue weighted by Gasteiger charge is 2.36. The summed E-state index contributed by atoms with van der Waals surface area (Å²) in [4.78, 5) is 11.5. The number of hydrogen-bond donors (Lipinski definition) is 2. The lowest BCUT2D eigenvalue weighted by Crippen LogP contribution is -2.41. The molecule has 3 unspecified atom stereocenters. The molecule has 0 aliphatic carbocycles. The highest BCUT2D eigenvalue weighted by molar-refractivity contribution is 5.72. The number of carboxylic acid groups (broad SMARTS) is 1. The maximum atomic E-state index is 11.5. The predicted octanol–water partition coefficient (Wildman–Crippen LogP) is 3.21. The van der Waals surface area contributed by atoms with Crippen molar-refractivity contribution in [1.82, 2.24) is 5.32 Å². The summed E-state index contributed by atoms with van der Waals surface area (Å²) in [5.41, 5.74) is 2.34. The summed E-state index contributed by atoms with van der Waals surface area (Å²) in [6.07, 6.45) is 0.811. The smallest absolute Gasteiger partial charge is 0.308 e. The fraction of sp³-hybridized carbons (Fsp3) is 0.278. The van der Waals surface area contributed by atoms with Gasteiger partial charge in [-0.2, -0.15) is 0 Å². The largest absolute Gasteiger partial charge is 0.481 e. The molecule has 0 radical (unpaired) electrons. The Morgan fingerprint density at radius 1 is 0.952 bits per heavy atom. The molecule has 1 aliphatic rings. The van der Waals surface area contributed by atoms with Crippen LogP contribution in [-0.2, 0) is 4.79 Å². The minimum atomic E-state index is -0.720. The Balaban J connectivity index is 1.87. The van der Waals surface area contributed by atoms with Crippen LogP contribution < -0.4 is 5.32 Å². The molecule has 3 heteroatoms. The first kappa shape index (κ1) is 13.8. The van der Waals surface area contributed by atoms with Gasteiger partial charge in [0.2, 0.25) is 0 Å². The third-order valence-electron chi connectivity index (χ3n) is 4.31. The number of benzene rings is 2. The number of hydrogen-bond acceptors (Lipinski definition) is 2. The molecule has 2 aromatic rings. The van der Waals surface area contributed by atoms with Gasteiger partial charge in [-0.25, -0.2) is 0 Å². The zero-order chi connectivity index (χ0) is 14.7. The van der Waals surface area contributed by atoms with Crippen molar-refractivity contribution in [3.05, 3.63) is 71.8 Å². The summed E-state index contributed by atoms with van der Waals surface area (Å²) < 4.78 is 0. The van der Waals surface area contributed by atoms with Gasteiger partial charge in [-0.1, -0.05) is 60.7 Å². The predicted molar refractivity (Wildman–Crippen MR) is 82.1 cm³/mol. The Morgan fingerprint density at radius 2 is 1.52 bits per heavy atom. The molecular formula is C18H19NO2. The van der Waals surface area contributed by atoms with E-state index < -0.39 is 5.97 Å². The number of nitrogens with one attached hydrogen (secondary N) is 1. The molecule has 108 valence electrons. The van der Waals surface area contributed by atoms with Gasteiger partial charge in [-0.15, -0.1) is 0 Å². The van der Waals surface area contributed by atoms with Gasteiger partial charge < -0.3 is 10.4 Å². The number of rotatable bonds is 3. The summed E-state index contributed by atoms with van der Waals surface area (Å²) in [7, 11) is 0. The molecule has 2 aromatic carbocycles. The summed E-state index contributed by atoms with van der Waals surface area (Å²) >= 11 is 0. The van der Waals surface area contributed by atoms with E-state index in [1.165, 1.54) is 5.56 Å². The van der Waals surface area contributed by atoms with Crippen molar-refractivity contribution in [1.29, 1.82) is 0 Å². The van der Waals surface area contributed by atoms with Gasteiger partial charge in [0.05, 0.1) is 5.92 Å². The number of aliphatic carboxylic acids is 1. The Kier molecular flexibility index (Phi) is 4.02. The van der Waals surface area contributed by atoms with Crippen LogP contribution in [0, 0.1) is 5.92 Å². The standard InChI is InChI=1S/C18H19NO2/c20-18(21)16-12-19-17(14-9-5-2-6-10-14)11-15(16)13-7-3-1-4-8-13/h1-10,15-17,19H,11-12H2,(H,20,21). The molecule has 0 amide bonds. The molecule has 0 saturated carbocycles. The van der Waals surface area contributed by atoms with Crippen LogP contribution in [0.3, 0.4) is 0 Å². The summed E-state index contributed by atoms with van der Waals surface area (Å²) in [6, 6.07) is 20.5. The van der Waals surface area contributed by atoms with Crippen molar-refractivity contribution in [3.8, 4) is 0 Å². The zero-order valence-corrected chi connectivity index (χ0v) is 11.8. The van der Waals surface area contributed by atoms with E-state index in [2.05, 4.69) is 17.4 Å². The number of piperidine rings is 1. The molecule has 0 bridgehead atoms. The van der Waals surface area contributed by atoms with E-state index in [1.54, 1.807) is 0 Å². The summed E-state index contributed by atoms with van der Waals surface area (Å²) in [6.45, 7) is 0.508. The van der Waals surface area contributed by atoms with Crippen LogP contribution in [0.25, 0.3) is 0 Å². The van der Waals surface area contributed by atoms with E-state index in [1.807, 2.05) is 48.5 Å². The molecule has 3 nitrogen and oxygen atoms in total. The Labute approximate surface area is 124 Å². The summed E-state index contributed by atoms with van der Waals surface area (Å²) in [5.74, 6) is -1.04. The van der Waals surface area contributed by atoms with Crippen LogP contribution >= 0.6 is 0 Å². The van der Waals surface area contributed by atoms with Gasteiger partial charge in [-0.05, 0) is 17.5 Å². The number of carbonyl (C=O) groups is 1. The van der Waals surface area contributed by atoms with Crippen LogP contribution in [0.2, 0.25) is 0 Å². The van der Waals surface area contributed by atoms with E-state index in [0.717, 1.165) is 12.0 Å². The third-order valence-corrected chi connectivity index (χ3v) is 4.31. The molecule has 1 saturated heterocycles. The van der Waals surface area contributed by atoms with Crippen molar-refractivity contribution in [3.63, 3.8) is 0 Å². The van der Waals surface area contributed by atoms with E-state index in [4.69, 9.17) is 0 Å². The number of carboxylic acids is 1. The monoisotopic (exact) mass is 281 g/mol. The maximum absolute atomic E-state index is 11.5. The van der Waals surface area contributed by atoms with Gasteiger partial charge >= 0.3 is 5.97 Å². The fourth-order valence-corrected chi connectivity index (χ4v) is 3.18. The van der Waals surface area contributed by atoms with Crippen molar-refractivity contribution in [2.45, 2.75) is 18.4 Å². The second-order valence-corrected chi connectivity index (χ2v) is 5.57. The second-order valence-electron chi connectivity index (χ2n) is 5.57. The molecule has 3 rings (SSSR count). The third kappa shape index (κ3) is 2.98. The van der Waals surface area contributed by atoms with Crippen LogP contribution in [0.5, 0.6) is 0 Å². The van der Waals surface area contributed by atoms with E-state index in [0.29, 0.717) is 6.54 Å². The maximum Gasteiger partial charge on any atom is 0.308 e. The van der Waals surface area contributed by atoms with Crippen molar-refractivity contribution < 1.29 is 9.90 Å². The molecule has 3 atom stereocenters. The minimum absolute atomic E-state index is 0.0511. The van der Waals surface area contributed by atoms with Crippen LogP contribution in [0.4, 0.5) is 0 Å². The highest BCUT2D eigenvalue weighted by Crippen LogP contribution is 2.37. The van der Waals surface area contributed by atoms with E-state index in [-0.39, 0.29) is 17.9 Å². The molecule has 1 fully saturated rings. The average Bonchev–Trinajstić information content (AvgIpc) is 2.56. The lowest BCUT2D eigenvalue weighted by molar-refractivity contribution is -0.143. The first-order chi connectivity index (χ1) is 10.3. The summed E-state index contributed by atoms with van der Waals surface area (Å²) in [5, 5.41) is 12.9. The van der Waals surface area contributed by atoms with Gasteiger partial charge in [0, 0.05) is 18.5 Å². The fourth-order valence-electron chi connectivity index (χ4n) is 3.18. The van der Waals surface area contributed by atoms with Crippen molar-refractivity contribution >= 4 is 5.97 Å². The highest BCUT2D eigenvalue weighted by atomic mass is 16.4. The topological polar surface area (TPSA) is 49.3 Å². The van der Waals surface area contributed by atoms with Gasteiger partial charge in [-0.3, -0.25) is 4.79 Å². The molecule has 0 aromatic heterocycles. The van der Waals surface area contributed by atoms with Crippen LogP contribution in [0.15, 0.2) is 60.7 Å². The molecule has 21 heavy (non-hydrogen) atoms. The van der Waals surface area contributed by atoms with E-state index in [9.17, 15) is 9.90 Å².